The average Bonchev–Trinajstić information content (AvgIpc) is 1.14. The smallest absolute Gasteiger partial charge is 0.357 e. The number of rotatable bonds is 29. The highest BCUT2D eigenvalue weighted by Crippen LogP contribution is 2.35. The lowest BCUT2D eigenvalue weighted by Gasteiger charge is -2.32. The van der Waals surface area contributed by atoms with Crippen LogP contribution in [-0.2, 0) is 64.5 Å². The van der Waals surface area contributed by atoms with E-state index in [1.165, 1.54) is 34.8 Å². The van der Waals surface area contributed by atoms with E-state index in [1.54, 1.807) is 29.2 Å². The van der Waals surface area contributed by atoms with Crippen LogP contribution in [0.15, 0.2) is 151 Å². The number of esters is 2. The third-order valence-corrected chi connectivity index (χ3v) is 25.1. The van der Waals surface area contributed by atoms with Crippen LogP contribution in [-0.4, -0.2) is 168 Å². The summed E-state index contributed by atoms with van der Waals surface area (Å²) in [6.07, 6.45) is 3.32. The normalized spacial score (nSPS) is 13.1. The Morgan fingerprint density at radius 3 is 1.54 bits per heavy atom. The van der Waals surface area contributed by atoms with Crippen molar-refractivity contribution < 1.29 is 56.4 Å². The van der Waals surface area contributed by atoms with Gasteiger partial charge < -0.3 is 38.2 Å². The molecule has 0 saturated heterocycles. The van der Waals surface area contributed by atoms with Crippen LogP contribution in [0.5, 0.6) is 11.5 Å². The number of anilines is 3. The number of thiazole rings is 2. The summed E-state index contributed by atoms with van der Waals surface area (Å²) in [6.45, 7) is 30.2. The molecule has 0 spiro atoms. The Bertz CT molecular complexity index is 5490. The fourth-order valence-corrected chi connectivity index (χ4v) is 16.8. The minimum Gasteiger partial charge on any atom is -0.491 e. The molecule has 0 N–H and O–H groups in total. The molecule has 20 nitrogen and oxygen atoms in total. The first-order valence-electron chi connectivity index (χ1n) is 40.9. The van der Waals surface area contributed by atoms with Gasteiger partial charge in [-0.05, 0) is 239 Å². The van der Waals surface area contributed by atoms with Gasteiger partial charge in [-0.25, -0.2) is 33.3 Å². The number of halogens is 2. The third kappa shape index (κ3) is 25.9. The third-order valence-electron chi connectivity index (χ3n) is 19.6. The number of carbonyl (C=O) groups is 4. The molecule has 4 aromatic heterocycles. The van der Waals surface area contributed by atoms with E-state index in [0.717, 1.165) is 54.8 Å². The number of hydrogen-bond donors (Lipinski definition) is 0. The van der Waals surface area contributed by atoms with Crippen molar-refractivity contribution in [3.8, 4) is 35.2 Å². The predicted octanol–water partition coefficient (Wildman–Crippen LogP) is 18.0. The Kier molecular flexibility index (Phi) is 30.8. The van der Waals surface area contributed by atoms with Gasteiger partial charge in [-0.3, -0.25) is 28.9 Å². The van der Waals surface area contributed by atoms with Crippen molar-refractivity contribution in [2.24, 2.45) is 4.99 Å². The quantitative estimate of drug-likeness (QED) is 0.0141. The van der Waals surface area contributed by atoms with E-state index in [9.17, 15) is 28.0 Å². The molecular weight excluding hydrogens is 1590 g/mol. The zero-order chi connectivity index (χ0) is 86.1. The van der Waals surface area contributed by atoms with E-state index >= 15 is 0 Å². The number of aryl methyl sites for hydroxylation is 2. The maximum atomic E-state index is 14.8. The van der Waals surface area contributed by atoms with Gasteiger partial charge in [0.05, 0.1) is 46.7 Å². The van der Waals surface area contributed by atoms with Crippen molar-refractivity contribution in [3.05, 3.63) is 229 Å². The first-order valence-corrected chi connectivity index (χ1v) is 49.9. The van der Waals surface area contributed by atoms with Crippen molar-refractivity contribution in [1.29, 1.82) is 0 Å². The standard InChI is InChI=1S/2C47H56FN5O5SSi/c1-47(2,3)58-45(55)43-35(16-13-27-57-40-22-20-33(30-38(40)48)14-12-25-51(4)5)21-23-42(49-43)52-26-24-34-15-11-17-36(37(34)31-52)44(54)50-46-53(32-56-28-29-60(6,7)8)39-18-9-10-19-41(39)59-46;1-47(2,3)58-45(55)43-35(16-13-27-57-40-22-20-33(30-38(40)48)14-12-25-51(4)5)21-23-42(50-43)52-26-24-34-15-11-17-36(37(34)31-52)44(54)53(32-56-28-29-60(6,7)8)46-49-39-18-9-10-19-41(39)59-46/h2*9-11,15,17-23,30H,13,16,24-29,31-32H2,1-8H3. The van der Waals surface area contributed by atoms with E-state index in [4.69, 9.17) is 48.4 Å². The summed E-state index contributed by atoms with van der Waals surface area (Å²) in [5.74, 6) is 11.0. The number of para-hydroxylation sites is 2. The summed E-state index contributed by atoms with van der Waals surface area (Å²) in [5.41, 5.74) is 8.46. The van der Waals surface area contributed by atoms with Gasteiger partial charge in [-0.2, -0.15) is 4.99 Å². The molecule has 12 rings (SSSR count). The van der Waals surface area contributed by atoms with Crippen LogP contribution in [0.2, 0.25) is 51.4 Å². The van der Waals surface area contributed by atoms with Gasteiger partial charge in [0.25, 0.3) is 11.8 Å². The van der Waals surface area contributed by atoms with Crippen LogP contribution < -0.4 is 29.0 Å². The fourth-order valence-electron chi connectivity index (χ4n) is 13.3. The van der Waals surface area contributed by atoms with E-state index in [1.807, 2.05) is 181 Å². The zero-order valence-electron chi connectivity index (χ0n) is 72.1. The summed E-state index contributed by atoms with van der Waals surface area (Å²) in [4.78, 5) is 85.7. The van der Waals surface area contributed by atoms with Crippen LogP contribution in [0.25, 0.3) is 20.4 Å². The summed E-state index contributed by atoms with van der Waals surface area (Å²) >= 11 is 2.95. The van der Waals surface area contributed by atoms with Crippen LogP contribution in [0.3, 0.4) is 0 Å². The minimum atomic E-state index is -1.35. The van der Waals surface area contributed by atoms with Crippen LogP contribution >= 0.6 is 22.7 Å². The van der Waals surface area contributed by atoms with Gasteiger partial charge in [-0.1, -0.05) is 146 Å². The maximum absolute atomic E-state index is 14.8. The van der Waals surface area contributed by atoms with Gasteiger partial charge in [0, 0.05) is 77.8 Å². The number of carbonyl (C=O) groups excluding carboxylic acids is 4. The van der Waals surface area contributed by atoms with Crippen LogP contribution in [0.1, 0.15) is 141 Å². The first-order chi connectivity index (χ1) is 57.1. The number of aromatic nitrogens is 4. The Hall–Kier alpha value is -10.3. The topological polar surface area (TPSA) is 196 Å². The number of pyridine rings is 2. The molecule has 0 bridgehead atoms. The molecule has 6 aromatic carbocycles. The summed E-state index contributed by atoms with van der Waals surface area (Å²) in [7, 11) is 5.08. The number of benzene rings is 6. The molecule has 0 aliphatic carbocycles. The summed E-state index contributed by atoms with van der Waals surface area (Å²) < 4.78 is 69.2. The largest absolute Gasteiger partial charge is 0.491 e. The van der Waals surface area contributed by atoms with Crippen molar-refractivity contribution in [3.63, 3.8) is 0 Å². The highest BCUT2D eigenvalue weighted by atomic mass is 32.1. The first kappa shape index (κ1) is 90.5. The van der Waals surface area contributed by atoms with Crippen LogP contribution in [0, 0.1) is 35.3 Å². The van der Waals surface area contributed by atoms with Crippen molar-refractivity contribution in [2.45, 2.75) is 162 Å². The van der Waals surface area contributed by atoms with E-state index in [2.05, 4.69) is 84.9 Å². The molecule has 120 heavy (non-hydrogen) atoms. The average molecular weight is 1700 g/mol. The molecule has 6 heterocycles. The lowest BCUT2D eigenvalue weighted by atomic mass is 9.94. The Labute approximate surface area is 714 Å². The van der Waals surface area contributed by atoms with Gasteiger partial charge >= 0.3 is 11.9 Å². The lowest BCUT2D eigenvalue weighted by Crippen LogP contribution is -2.37. The van der Waals surface area contributed by atoms with Gasteiger partial charge in [0.2, 0.25) is 0 Å². The molecular formula is C94H112F2N10O10S2Si2. The number of hydrogen-bond acceptors (Lipinski definition) is 19. The van der Waals surface area contributed by atoms with Gasteiger partial charge in [0.15, 0.2) is 44.5 Å². The maximum Gasteiger partial charge on any atom is 0.357 e. The molecule has 0 radical (unpaired) electrons. The molecule has 26 heteroatoms. The van der Waals surface area contributed by atoms with Crippen molar-refractivity contribution in [1.82, 2.24) is 29.3 Å². The van der Waals surface area contributed by atoms with Crippen molar-refractivity contribution in [2.75, 3.05) is 102 Å². The Morgan fingerprint density at radius 2 is 1.04 bits per heavy atom. The van der Waals surface area contributed by atoms with E-state index in [-0.39, 0.29) is 54.6 Å². The zero-order valence-corrected chi connectivity index (χ0v) is 75.8. The molecule has 0 atom stereocenters. The second-order valence-corrected chi connectivity index (χ2v) is 48.2. The molecule has 10 aromatic rings. The highest BCUT2D eigenvalue weighted by Gasteiger charge is 2.32. The second-order valence-electron chi connectivity index (χ2n) is 35.0. The van der Waals surface area contributed by atoms with E-state index < -0.39 is 50.9 Å². The number of amides is 2. The molecule has 0 unspecified atom stereocenters. The predicted molar refractivity (Wildman–Crippen MR) is 482 cm³/mol. The number of nitrogens with zero attached hydrogens (tertiary/aromatic N) is 10. The van der Waals surface area contributed by atoms with E-state index in [0.29, 0.717) is 153 Å². The summed E-state index contributed by atoms with van der Waals surface area (Å²) in [6, 6.07) is 46.7. The molecule has 632 valence electrons. The Morgan fingerprint density at radius 1 is 0.550 bits per heavy atom. The fraction of sp³-hybridized carbons (Fsp3) is 0.404. The van der Waals surface area contributed by atoms with Gasteiger partial charge in [0.1, 0.15) is 36.3 Å². The van der Waals surface area contributed by atoms with Crippen molar-refractivity contribution >= 4 is 99.8 Å². The molecule has 2 aliphatic heterocycles. The molecule has 2 aliphatic rings. The highest BCUT2D eigenvalue weighted by molar-refractivity contribution is 7.22. The molecule has 2 amide bonds. The molecule has 0 saturated carbocycles. The van der Waals surface area contributed by atoms with Crippen LogP contribution in [0.4, 0.5) is 25.5 Å². The number of fused-ring (bicyclic) bond motifs is 4. The Balaban J connectivity index is 0.000000235. The second kappa shape index (κ2) is 40.9. The summed E-state index contributed by atoms with van der Waals surface area (Å²) in [5, 5.41) is 0.591. The van der Waals surface area contributed by atoms with Gasteiger partial charge in [-0.15, -0.1) is 0 Å². The minimum absolute atomic E-state index is 0.0948. The lowest BCUT2D eigenvalue weighted by molar-refractivity contribution is 0.00491. The molecule has 0 fully saturated rings. The SMILES string of the molecule is CN(C)CC#Cc1ccc(OCCCc2ccc(N3CCc4cccc(C(=O)N(COCC[Si](C)(C)C)c5nc6ccccc6s5)c4C3)nc2C(=O)OC(C)(C)C)c(F)c1.CN(C)CC#Cc1ccc(OCCCc2ccc(N3CCc4cccc(C(=O)N=c5sc6ccccc6n5COCC[Si](C)(C)C)c4C3)nc2C(=O)OC(C)(C)C)c(F)c1. The number of ether oxygens (including phenoxy) is 6. The monoisotopic (exact) mass is 1700 g/mol.